The van der Waals surface area contributed by atoms with Crippen LogP contribution in [0.3, 0.4) is 0 Å². The van der Waals surface area contributed by atoms with E-state index in [0.717, 1.165) is 0 Å². The molecule has 0 aliphatic carbocycles. The minimum atomic E-state index is -1.30. The lowest BCUT2D eigenvalue weighted by Gasteiger charge is -2.44. The van der Waals surface area contributed by atoms with Crippen LogP contribution in [0.2, 0.25) is 0 Å². The topological polar surface area (TPSA) is 149 Å². The van der Waals surface area contributed by atoms with Gasteiger partial charge in [0.15, 0.2) is 34.8 Å². The van der Waals surface area contributed by atoms with Crippen LogP contribution in [0.1, 0.15) is 50.9 Å². The summed E-state index contributed by atoms with van der Waals surface area (Å²) in [7, 11) is 0. The minimum absolute atomic E-state index is 0.0602. The lowest BCUT2D eigenvalue weighted by molar-refractivity contribution is -0.169. The highest BCUT2D eigenvalue weighted by molar-refractivity contribution is 5.96. The van der Waals surface area contributed by atoms with Crippen LogP contribution >= 0.6 is 0 Å². The number of carbonyl (C=O) groups excluding carboxylic acids is 4. The molecule has 14 nitrogen and oxygen atoms in total. The van der Waals surface area contributed by atoms with Crippen molar-refractivity contribution in [1.29, 1.82) is 0 Å². The third-order valence-electron chi connectivity index (χ3n) is 8.41. The molecule has 3 aliphatic heterocycles. The Morgan fingerprint density at radius 1 is 0.542 bits per heavy atom. The molecule has 0 N–H and O–H groups in total. The smallest absolute Gasteiger partial charge is 0.322 e. The third-order valence-corrected chi connectivity index (χ3v) is 8.41. The van der Waals surface area contributed by atoms with Crippen LogP contribution in [0, 0.1) is 11.8 Å². The molecular weight excluding hydrogens is 628 g/mol. The molecule has 2 aromatic rings. The zero-order chi connectivity index (χ0) is 34.2. The van der Waals surface area contributed by atoms with Gasteiger partial charge in [0.2, 0.25) is 13.6 Å². The van der Waals surface area contributed by atoms with Crippen molar-refractivity contribution in [2.75, 3.05) is 66.2 Å². The van der Waals surface area contributed by atoms with E-state index in [1.165, 1.54) is 0 Å². The van der Waals surface area contributed by atoms with E-state index >= 15 is 0 Å². The van der Waals surface area contributed by atoms with Crippen molar-refractivity contribution in [3.05, 3.63) is 47.5 Å². The van der Waals surface area contributed by atoms with Gasteiger partial charge in [-0.15, -0.1) is 0 Å². The highest BCUT2D eigenvalue weighted by Crippen LogP contribution is 2.42. The first-order valence-electron chi connectivity index (χ1n) is 16.2. The molecule has 48 heavy (non-hydrogen) atoms. The first kappa shape index (κ1) is 34.8. The normalized spacial score (nSPS) is 16.8. The average Bonchev–Trinajstić information content (AvgIpc) is 3.75. The summed E-state index contributed by atoms with van der Waals surface area (Å²) in [4.78, 5) is 57.7. The third kappa shape index (κ3) is 7.44. The monoisotopic (exact) mass is 670 g/mol. The Hall–Kier alpha value is -4.56. The van der Waals surface area contributed by atoms with Gasteiger partial charge in [0.1, 0.15) is 0 Å². The van der Waals surface area contributed by atoms with Crippen molar-refractivity contribution in [3.8, 4) is 23.0 Å². The number of rotatable bonds is 14. The quantitative estimate of drug-likeness (QED) is 0.165. The van der Waals surface area contributed by atoms with Crippen molar-refractivity contribution in [1.82, 2.24) is 9.80 Å². The SMILES string of the molecule is CCOC(=O)C(C(=O)OCC)[C@@H](c1ccc2c(c1)OCO2)N1CCN([C@@H](c2ccc3c(c2)OCO3)C(C(=O)OCC)C(=O)OCC)CC1. The molecule has 0 spiro atoms. The largest absolute Gasteiger partial charge is 0.465 e. The summed E-state index contributed by atoms with van der Waals surface area (Å²) in [6.45, 7) is 8.50. The zero-order valence-electron chi connectivity index (χ0n) is 27.6. The number of piperazine rings is 1. The molecule has 2 atom stereocenters. The molecule has 14 heteroatoms. The van der Waals surface area contributed by atoms with E-state index in [-0.39, 0.29) is 40.0 Å². The predicted octanol–water partition coefficient (Wildman–Crippen LogP) is 3.03. The molecule has 0 bridgehead atoms. The van der Waals surface area contributed by atoms with Gasteiger partial charge in [-0.2, -0.15) is 0 Å². The Kier molecular flexibility index (Phi) is 11.6. The van der Waals surface area contributed by atoms with Gasteiger partial charge in [0, 0.05) is 26.2 Å². The standard InChI is InChI=1S/C34H42N2O12/c1-5-41-31(37)27(32(38)42-6-2)29(21-9-11-23-25(17-21)47-19-45-23)35-13-15-36(16-14-35)30(22-10-12-24-26(18-22)48-20-46-24)28(33(39)43-7-3)34(40)44-8-4/h9-12,17-18,27-30H,5-8,13-16,19-20H2,1-4H3/t29-,30+. The van der Waals surface area contributed by atoms with Crippen LogP contribution in [0.25, 0.3) is 0 Å². The predicted molar refractivity (Wildman–Crippen MR) is 167 cm³/mol. The number of hydrogen-bond donors (Lipinski definition) is 0. The maximum Gasteiger partial charge on any atom is 0.322 e. The number of nitrogens with zero attached hydrogens (tertiary/aromatic N) is 2. The molecule has 0 amide bonds. The number of benzene rings is 2. The van der Waals surface area contributed by atoms with Crippen molar-refractivity contribution >= 4 is 23.9 Å². The van der Waals surface area contributed by atoms with Gasteiger partial charge in [-0.1, -0.05) is 12.1 Å². The van der Waals surface area contributed by atoms with E-state index in [9.17, 15) is 19.2 Å². The van der Waals surface area contributed by atoms with Crippen LogP contribution in [-0.2, 0) is 38.1 Å². The van der Waals surface area contributed by atoms with Crippen molar-refractivity contribution in [2.45, 2.75) is 39.8 Å². The molecule has 3 heterocycles. The number of fused-ring (bicyclic) bond motifs is 2. The summed E-state index contributed by atoms with van der Waals surface area (Å²) in [5.41, 5.74) is 1.28. The van der Waals surface area contributed by atoms with Crippen LogP contribution in [0.4, 0.5) is 0 Å². The van der Waals surface area contributed by atoms with Crippen LogP contribution in [0.5, 0.6) is 23.0 Å². The number of hydrogen-bond acceptors (Lipinski definition) is 14. The van der Waals surface area contributed by atoms with E-state index in [1.54, 1.807) is 64.1 Å². The Morgan fingerprint density at radius 2 is 0.854 bits per heavy atom. The lowest BCUT2D eigenvalue weighted by atomic mass is 9.88. The Balaban J connectivity index is 1.50. The van der Waals surface area contributed by atoms with E-state index in [1.807, 2.05) is 9.80 Å². The maximum atomic E-state index is 13.4. The van der Waals surface area contributed by atoms with Crippen LogP contribution in [0.15, 0.2) is 36.4 Å². The molecular formula is C34H42N2O12. The van der Waals surface area contributed by atoms with Gasteiger partial charge in [-0.25, -0.2) is 0 Å². The van der Waals surface area contributed by atoms with E-state index in [0.29, 0.717) is 60.3 Å². The Bertz CT molecular complexity index is 1330. The van der Waals surface area contributed by atoms with Gasteiger partial charge in [-0.05, 0) is 63.1 Å². The number of carbonyl (C=O) groups is 4. The highest BCUT2D eigenvalue weighted by Gasteiger charge is 2.46. The van der Waals surface area contributed by atoms with Gasteiger partial charge < -0.3 is 37.9 Å². The van der Waals surface area contributed by atoms with Gasteiger partial charge >= 0.3 is 23.9 Å². The summed E-state index contributed by atoms with van der Waals surface area (Å²) >= 11 is 0. The summed E-state index contributed by atoms with van der Waals surface area (Å²) in [6, 6.07) is 9.03. The van der Waals surface area contributed by atoms with Gasteiger partial charge in [0.25, 0.3) is 0 Å². The molecule has 0 radical (unpaired) electrons. The average molecular weight is 671 g/mol. The molecule has 2 aromatic carbocycles. The van der Waals surface area contributed by atoms with E-state index in [2.05, 4.69) is 0 Å². The second-order valence-electron chi connectivity index (χ2n) is 11.2. The first-order chi connectivity index (χ1) is 23.3. The molecule has 0 unspecified atom stereocenters. The van der Waals surface area contributed by atoms with Gasteiger partial charge in [0.05, 0.1) is 38.5 Å². The fraction of sp³-hybridized carbons (Fsp3) is 0.529. The van der Waals surface area contributed by atoms with E-state index in [4.69, 9.17) is 37.9 Å². The molecule has 0 aromatic heterocycles. The molecule has 0 saturated carbocycles. The fourth-order valence-corrected chi connectivity index (χ4v) is 6.35. The maximum absolute atomic E-state index is 13.4. The van der Waals surface area contributed by atoms with Crippen molar-refractivity contribution in [3.63, 3.8) is 0 Å². The summed E-state index contributed by atoms with van der Waals surface area (Å²) in [5.74, 6) is -3.31. The second kappa shape index (κ2) is 16.0. The fourth-order valence-electron chi connectivity index (χ4n) is 6.35. The highest BCUT2D eigenvalue weighted by atomic mass is 16.7. The Morgan fingerprint density at radius 3 is 1.17 bits per heavy atom. The minimum Gasteiger partial charge on any atom is -0.465 e. The molecule has 3 aliphatic rings. The summed E-state index contributed by atoms with van der Waals surface area (Å²) in [6.07, 6.45) is 0. The number of ether oxygens (including phenoxy) is 8. The first-order valence-corrected chi connectivity index (χ1v) is 16.2. The molecule has 260 valence electrons. The van der Waals surface area contributed by atoms with Gasteiger partial charge in [-0.3, -0.25) is 29.0 Å². The molecule has 1 saturated heterocycles. The van der Waals surface area contributed by atoms with Crippen molar-refractivity contribution in [2.24, 2.45) is 11.8 Å². The zero-order valence-corrected chi connectivity index (χ0v) is 27.6. The Labute approximate surface area is 279 Å². The van der Waals surface area contributed by atoms with E-state index < -0.39 is 47.8 Å². The van der Waals surface area contributed by atoms with Crippen molar-refractivity contribution < 1.29 is 57.1 Å². The van der Waals surface area contributed by atoms with Crippen LogP contribution in [-0.4, -0.2) is 99.9 Å². The summed E-state index contributed by atoms with van der Waals surface area (Å²) < 4.78 is 43.8. The summed E-state index contributed by atoms with van der Waals surface area (Å²) in [5, 5.41) is 0. The molecule has 1 fully saturated rings. The lowest BCUT2D eigenvalue weighted by Crippen LogP contribution is -2.54. The molecule has 5 rings (SSSR count). The second-order valence-corrected chi connectivity index (χ2v) is 11.2. The number of esters is 4. The van der Waals surface area contributed by atoms with Crippen LogP contribution < -0.4 is 18.9 Å².